The zero-order valence-corrected chi connectivity index (χ0v) is 12.8. The summed E-state index contributed by atoms with van der Waals surface area (Å²) in [6.45, 7) is -0.0198. The van der Waals surface area contributed by atoms with E-state index >= 15 is 0 Å². The van der Waals surface area contributed by atoms with Crippen molar-refractivity contribution in [1.82, 2.24) is 0 Å². The number of fused-ring (bicyclic) bond motifs is 3. The minimum absolute atomic E-state index is 0.00663. The van der Waals surface area contributed by atoms with Crippen LogP contribution in [-0.2, 0) is 0 Å². The second-order valence-corrected chi connectivity index (χ2v) is 5.26. The van der Waals surface area contributed by atoms with Crippen molar-refractivity contribution in [1.29, 1.82) is 0 Å². The van der Waals surface area contributed by atoms with Gasteiger partial charge in [0.05, 0.1) is 25.3 Å². The fraction of sp³-hybridized carbons (Fsp3) is 0.176. The number of phenolic OH excluding ortho intramolecular Hbond substituents is 1. The van der Waals surface area contributed by atoms with E-state index in [0.717, 1.165) is 0 Å². The van der Waals surface area contributed by atoms with Crippen molar-refractivity contribution in [3.63, 3.8) is 0 Å². The number of aromatic hydroxyl groups is 1. The first-order valence-electron chi connectivity index (χ1n) is 7.08. The molecule has 0 saturated heterocycles. The Balaban J connectivity index is 2.07. The molecular weight excluding hydrogens is 316 g/mol. The van der Waals surface area contributed by atoms with Crippen LogP contribution >= 0.6 is 0 Å². The summed E-state index contributed by atoms with van der Waals surface area (Å²) in [5, 5.41) is 9.94. The minimum Gasteiger partial charge on any atom is -0.504 e. The van der Waals surface area contributed by atoms with E-state index in [1.165, 1.54) is 32.4 Å². The number of carbonyl (C=O) groups is 2. The van der Waals surface area contributed by atoms with Crippen LogP contribution in [-0.4, -0.2) is 37.7 Å². The van der Waals surface area contributed by atoms with Crippen LogP contribution in [0.1, 0.15) is 31.8 Å². The maximum atomic E-state index is 13.0. The molecule has 122 valence electrons. The Kier molecular flexibility index (Phi) is 2.93. The number of phenols is 1. The lowest BCUT2D eigenvalue weighted by atomic mass is 9.82. The zero-order valence-electron chi connectivity index (χ0n) is 12.8. The number of hydrogen-bond acceptors (Lipinski definition) is 7. The Morgan fingerprint density at radius 3 is 2.38 bits per heavy atom. The molecule has 0 fully saturated rings. The lowest BCUT2D eigenvalue weighted by Gasteiger charge is -2.22. The first-order chi connectivity index (χ1) is 11.6. The molecule has 0 atom stereocenters. The average Bonchev–Trinajstić information content (AvgIpc) is 3.05. The molecule has 0 unspecified atom stereocenters. The summed E-state index contributed by atoms with van der Waals surface area (Å²) < 4.78 is 21.1. The molecule has 0 saturated carbocycles. The topological polar surface area (TPSA) is 91.3 Å². The zero-order chi connectivity index (χ0) is 17.0. The number of methoxy groups -OCH3 is 2. The molecular formula is C17H12O7. The molecule has 2 aromatic carbocycles. The Hall–Kier alpha value is -3.22. The van der Waals surface area contributed by atoms with Crippen LogP contribution in [0, 0.1) is 0 Å². The molecule has 2 aromatic rings. The summed E-state index contributed by atoms with van der Waals surface area (Å²) in [5.74, 6) is -0.371. The normalized spacial score (nSPS) is 14.2. The van der Waals surface area contributed by atoms with Crippen molar-refractivity contribution in [2.24, 2.45) is 0 Å². The smallest absolute Gasteiger partial charge is 0.231 e. The number of hydrogen-bond donors (Lipinski definition) is 1. The van der Waals surface area contributed by atoms with E-state index in [0.29, 0.717) is 5.75 Å². The predicted octanol–water partition coefficient (Wildman–Crippen LogP) is 1.91. The van der Waals surface area contributed by atoms with Gasteiger partial charge in [-0.15, -0.1) is 0 Å². The summed E-state index contributed by atoms with van der Waals surface area (Å²) in [4.78, 5) is 25.9. The van der Waals surface area contributed by atoms with Crippen LogP contribution < -0.4 is 18.9 Å². The lowest BCUT2D eigenvalue weighted by molar-refractivity contribution is 0.0973. The average molecular weight is 328 g/mol. The second kappa shape index (κ2) is 4.89. The minimum atomic E-state index is -0.484. The van der Waals surface area contributed by atoms with Crippen molar-refractivity contribution in [2.75, 3.05) is 21.0 Å². The van der Waals surface area contributed by atoms with Crippen LogP contribution in [0.3, 0.4) is 0 Å². The fourth-order valence-electron chi connectivity index (χ4n) is 3.07. The molecule has 1 aliphatic heterocycles. The molecule has 0 radical (unpaired) electrons. The quantitative estimate of drug-likeness (QED) is 0.768. The van der Waals surface area contributed by atoms with Crippen LogP contribution in [0.5, 0.6) is 28.7 Å². The first-order valence-corrected chi connectivity index (χ1v) is 7.08. The van der Waals surface area contributed by atoms with Crippen LogP contribution in [0.2, 0.25) is 0 Å². The highest BCUT2D eigenvalue weighted by Gasteiger charge is 2.39. The summed E-state index contributed by atoms with van der Waals surface area (Å²) in [6, 6.07) is 4.19. The number of ketones is 2. The van der Waals surface area contributed by atoms with E-state index < -0.39 is 5.78 Å². The maximum absolute atomic E-state index is 13.0. The SMILES string of the molecule is COc1c(O)ccc2c1C(=O)c1c(cc3c(c1OC)OCO3)C2=O. The van der Waals surface area contributed by atoms with Gasteiger partial charge in [0.1, 0.15) is 0 Å². The molecule has 7 nitrogen and oxygen atoms in total. The van der Waals surface area contributed by atoms with Crippen molar-refractivity contribution in [3.05, 3.63) is 40.5 Å². The summed E-state index contributed by atoms with van der Waals surface area (Å²) >= 11 is 0. The molecule has 0 bridgehead atoms. The van der Waals surface area contributed by atoms with Crippen LogP contribution in [0.4, 0.5) is 0 Å². The Morgan fingerprint density at radius 2 is 1.67 bits per heavy atom. The molecule has 1 N–H and O–H groups in total. The molecule has 0 spiro atoms. The monoisotopic (exact) mass is 328 g/mol. The van der Waals surface area contributed by atoms with Gasteiger partial charge in [0, 0.05) is 11.1 Å². The highest BCUT2D eigenvalue weighted by atomic mass is 16.7. The third kappa shape index (κ3) is 1.66. The van der Waals surface area contributed by atoms with E-state index in [1.807, 2.05) is 0 Å². The molecule has 0 aromatic heterocycles. The van der Waals surface area contributed by atoms with E-state index in [-0.39, 0.29) is 57.8 Å². The van der Waals surface area contributed by atoms with Gasteiger partial charge in [0.25, 0.3) is 0 Å². The fourth-order valence-corrected chi connectivity index (χ4v) is 3.07. The molecule has 1 aliphatic carbocycles. The largest absolute Gasteiger partial charge is 0.504 e. The van der Waals surface area contributed by atoms with Gasteiger partial charge in [-0.3, -0.25) is 9.59 Å². The molecule has 2 aliphatic rings. The second-order valence-electron chi connectivity index (χ2n) is 5.26. The summed E-state index contributed by atoms with van der Waals surface area (Å²) in [7, 11) is 2.70. The van der Waals surface area contributed by atoms with Gasteiger partial charge < -0.3 is 24.1 Å². The van der Waals surface area contributed by atoms with Crippen LogP contribution in [0.15, 0.2) is 18.2 Å². The number of ether oxygens (including phenoxy) is 4. The summed E-state index contributed by atoms with van der Waals surface area (Å²) in [5.41, 5.74) is 0.403. The van der Waals surface area contributed by atoms with Gasteiger partial charge in [0.15, 0.2) is 28.8 Å². The molecule has 4 rings (SSSR count). The van der Waals surface area contributed by atoms with Crippen molar-refractivity contribution < 1.29 is 33.6 Å². The van der Waals surface area contributed by atoms with Crippen LogP contribution in [0.25, 0.3) is 0 Å². The van der Waals surface area contributed by atoms with Crippen molar-refractivity contribution >= 4 is 11.6 Å². The number of benzene rings is 2. The van der Waals surface area contributed by atoms with E-state index in [1.54, 1.807) is 0 Å². The van der Waals surface area contributed by atoms with Crippen molar-refractivity contribution in [3.8, 4) is 28.7 Å². The Morgan fingerprint density at radius 1 is 0.958 bits per heavy atom. The van der Waals surface area contributed by atoms with Gasteiger partial charge in [-0.1, -0.05) is 0 Å². The van der Waals surface area contributed by atoms with Gasteiger partial charge in [-0.2, -0.15) is 0 Å². The van der Waals surface area contributed by atoms with Gasteiger partial charge in [-0.25, -0.2) is 0 Å². The molecule has 0 amide bonds. The van der Waals surface area contributed by atoms with E-state index in [9.17, 15) is 14.7 Å². The lowest BCUT2D eigenvalue weighted by Crippen LogP contribution is -2.22. The van der Waals surface area contributed by atoms with E-state index in [4.69, 9.17) is 18.9 Å². The number of rotatable bonds is 2. The Bertz CT molecular complexity index is 914. The molecule has 24 heavy (non-hydrogen) atoms. The molecule has 7 heteroatoms. The standard InChI is InChI=1S/C17H12O7/c1-21-15-9(18)4-3-7-11(15)14(20)12-8(13(7)19)5-10-16(17(12)22-2)24-6-23-10/h3-5,18H,6H2,1-2H3. The Labute approximate surface area is 136 Å². The highest BCUT2D eigenvalue weighted by molar-refractivity contribution is 6.31. The number of carbonyl (C=O) groups excluding carboxylic acids is 2. The third-order valence-electron chi connectivity index (χ3n) is 4.11. The maximum Gasteiger partial charge on any atom is 0.231 e. The van der Waals surface area contributed by atoms with Gasteiger partial charge >= 0.3 is 0 Å². The first kappa shape index (κ1) is 14.4. The molecule has 1 heterocycles. The summed E-state index contributed by atoms with van der Waals surface area (Å²) in [6.07, 6.45) is 0. The van der Waals surface area contributed by atoms with E-state index in [2.05, 4.69) is 0 Å². The van der Waals surface area contributed by atoms with Crippen molar-refractivity contribution in [2.45, 2.75) is 0 Å². The van der Waals surface area contributed by atoms with Gasteiger partial charge in [-0.05, 0) is 18.2 Å². The predicted molar refractivity (Wildman–Crippen MR) is 80.6 cm³/mol. The van der Waals surface area contributed by atoms with Gasteiger partial charge in [0.2, 0.25) is 18.3 Å². The third-order valence-corrected chi connectivity index (χ3v) is 4.11. The highest BCUT2D eigenvalue weighted by Crippen LogP contribution is 2.49.